The summed E-state index contributed by atoms with van der Waals surface area (Å²) in [5, 5.41) is 3.52. The Kier molecular flexibility index (Phi) is 5.04. The molecule has 0 spiro atoms. The van der Waals surface area contributed by atoms with E-state index in [0.717, 1.165) is 45.7 Å². The first kappa shape index (κ1) is 15.7. The molecule has 2 aliphatic heterocycles. The Morgan fingerprint density at radius 1 is 1.40 bits per heavy atom. The van der Waals surface area contributed by atoms with Crippen LogP contribution < -0.4 is 5.32 Å². The number of hydrogen-bond donors (Lipinski definition) is 1. The number of carbonyl (C=O) groups is 1. The second-order valence-corrected chi connectivity index (χ2v) is 6.23. The van der Waals surface area contributed by atoms with Gasteiger partial charge in [0.15, 0.2) is 0 Å². The Labute approximate surface area is 122 Å². The Bertz CT molecular complexity index is 344. The average Bonchev–Trinajstić information content (AvgIpc) is 2.72. The van der Waals surface area contributed by atoms with Gasteiger partial charge in [0.05, 0.1) is 24.9 Å². The fourth-order valence-electron chi connectivity index (χ4n) is 3.23. The van der Waals surface area contributed by atoms with Crippen LogP contribution in [0.15, 0.2) is 0 Å². The summed E-state index contributed by atoms with van der Waals surface area (Å²) >= 11 is 0. The summed E-state index contributed by atoms with van der Waals surface area (Å²) < 4.78 is 5.39. The SMILES string of the molecule is CCC1NC(C)(CC)C(=O)N1C(C)CN1CCOCC1. The normalized spacial score (nSPS) is 33.7. The molecule has 0 aromatic rings. The van der Waals surface area contributed by atoms with Gasteiger partial charge in [-0.15, -0.1) is 0 Å². The van der Waals surface area contributed by atoms with Crippen molar-refractivity contribution in [3.05, 3.63) is 0 Å². The zero-order valence-electron chi connectivity index (χ0n) is 13.3. The minimum Gasteiger partial charge on any atom is -0.379 e. The highest BCUT2D eigenvalue weighted by atomic mass is 16.5. The molecule has 2 fully saturated rings. The van der Waals surface area contributed by atoms with Crippen molar-refractivity contribution in [3.8, 4) is 0 Å². The van der Waals surface area contributed by atoms with Crippen LogP contribution in [0.1, 0.15) is 40.5 Å². The number of ether oxygens (including phenoxy) is 1. The number of nitrogens with one attached hydrogen (secondary N) is 1. The molecular formula is C15H29N3O2. The molecule has 0 radical (unpaired) electrons. The lowest BCUT2D eigenvalue weighted by Gasteiger charge is -2.35. The van der Waals surface area contributed by atoms with E-state index in [1.807, 2.05) is 6.92 Å². The summed E-state index contributed by atoms with van der Waals surface area (Å²) in [7, 11) is 0. The molecular weight excluding hydrogens is 254 g/mol. The van der Waals surface area contributed by atoms with Gasteiger partial charge in [0.2, 0.25) is 5.91 Å². The Morgan fingerprint density at radius 3 is 2.60 bits per heavy atom. The van der Waals surface area contributed by atoms with E-state index in [-0.39, 0.29) is 23.7 Å². The predicted octanol–water partition coefficient (Wildman–Crippen LogP) is 1.04. The number of nitrogens with zero attached hydrogens (tertiary/aromatic N) is 2. The van der Waals surface area contributed by atoms with E-state index >= 15 is 0 Å². The van der Waals surface area contributed by atoms with Crippen LogP contribution in [0.25, 0.3) is 0 Å². The van der Waals surface area contributed by atoms with E-state index in [0.29, 0.717) is 0 Å². The van der Waals surface area contributed by atoms with Gasteiger partial charge in [-0.3, -0.25) is 15.0 Å². The number of morpholine rings is 1. The maximum atomic E-state index is 12.7. The van der Waals surface area contributed by atoms with Crippen LogP contribution in [0, 0.1) is 0 Å². The zero-order valence-corrected chi connectivity index (χ0v) is 13.3. The second-order valence-electron chi connectivity index (χ2n) is 6.23. The van der Waals surface area contributed by atoms with Gasteiger partial charge in [0.25, 0.3) is 0 Å². The molecule has 0 bridgehead atoms. The zero-order chi connectivity index (χ0) is 14.8. The quantitative estimate of drug-likeness (QED) is 0.819. The van der Waals surface area contributed by atoms with Crippen LogP contribution in [0.3, 0.4) is 0 Å². The molecule has 20 heavy (non-hydrogen) atoms. The minimum atomic E-state index is -0.389. The molecule has 5 nitrogen and oxygen atoms in total. The van der Waals surface area contributed by atoms with Crippen molar-refractivity contribution in [2.24, 2.45) is 0 Å². The molecule has 0 aromatic heterocycles. The number of rotatable bonds is 5. The first-order valence-electron chi connectivity index (χ1n) is 7.92. The van der Waals surface area contributed by atoms with E-state index < -0.39 is 0 Å². The van der Waals surface area contributed by atoms with Gasteiger partial charge in [-0.1, -0.05) is 13.8 Å². The monoisotopic (exact) mass is 283 g/mol. The average molecular weight is 283 g/mol. The largest absolute Gasteiger partial charge is 0.379 e. The van der Waals surface area contributed by atoms with Crippen molar-refractivity contribution in [1.29, 1.82) is 0 Å². The van der Waals surface area contributed by atoms with Crippen molar-refractivity contribution >= 4 is 5.91 Å². The van der Waals surface area contributed by atoms with Gasteiger partial charge >= 0.3 is 0 Å². The predicted molar refractivity (Wildman–Crippen MR) is 79.5 cm³/mol. The van der Waals surface area contributed by atoms with E-state index in [2.05, 4.69) is 35.9 Å². The highest BCUT2D eigenvalue weighted by molar-refractivity contribution is 5.88. The van der Waals surface area contributed by atoms with Crippen molar-refractivity contribution in [2.75, 3.05) is 32.8 Å². The molecule has 1 N–H and O–H groups in total. The van der Waals surface area contributed by atoms with Crippen molar-refractivity contribution in [1.82, 2.24) is 15.1 Å². The lowest BCUT2D eigenvalue weighted by atomic mass is 9.99. The first-order chi connectivity index (χ1) is 9.51. The van der Waals surface area contributed by atoms with E-state index in [4.69, 9.17) is 4.74 Å². The first-order valence-corrected chi connectivity index (χ1v) is 7.92. The third-order valence-corrected chi connectivity index (χ3v) is 4.72. The van der Waals surface area contributed by atoms with Crippen molar-refractivity contribution < 1.29 is 9.53 Å². The van der Waals surface area contributed by atoms with Crippen LogP contribution in [-0.2, 0) is 9.53 Å². The molecule has 116 valence electrons. The lowest BCUT2D eigenvalue weighted by Crippen LogP contribution is -2.50. The van der Waals surface area contributed by atoms with Crippen molar-refractivity contribution in [2.45, 2.75) is 58.3 Å². The Hall–Kier alpha value is -0.650. The summed E-state index contributed by atoms with van der Waals surface area (Å²) in [6.07, 6.45) is 1.96. The maximum Gasteiger partial charge on any atom is 0.244 e. The minimum absolute atomic E-state index is 0.170. The Balaban J connectivity index is 2.02. The van der Waals surface area contributed by atoms with E-state index in [1.54, 1.807) is 0 Å². The third kappa shape index (κ3) is 3.00. The molecule has 1 amide bonds. The van der Waals surface area contributed by atoms with Crippen LogP contribution in [0.4, 0.5) is 0 Å². The molecule has 2 heterocycles. The number of hydrogen-bond acceptors (Lipinski definition) is 4. The van der Waals surface area contributed by atoms with E-state index in [1.165, 1.54) is 0 Å². The van der Waals surface area contributed by atoms with Crippen LogP contribution >= 0.6 is 0 Å². The maximum absolute atomic E-state index is 12.7. The summed E-state index contributed by atoms with van der Waals surface area (Å²) in [6, 6.07) is 0.242. The molecule has 2 aliphatic rings. The fourth-order valence-corrected chi connectivity index (χ4v) is 3.23. The smallest absolute Gasteiger partial charge is 0.244 e. The Morgan fingerprint density at radius 2 is 2.05 bits per heavy atom. The van der Waals surface area contributed by atoms with Gasteiger partial charge in [0.1, 0.15) is 0 Å². The lowest BCUT2D eigenvalue weighted by molar-refractivity contribution is -0.135. The molecule has 2 rings (SSSR count). The molecule has 0 saturated carbocycles. The highest BCUT2D eigenvalue weighted by Gasteiger charge is 2.47. The van der Waals surface area contributed by atoms with Crippen LogP contribution in [-0.4, -0.2) is 66.3 Å². The van der Waals surface area contributed by atoms with Gasteiger partial charge < -0.3 is 9.64 Å². The van der Waals surface area contributed by atoms with Crippen LogP contribution in [0.5, 0.6) is 0 Å². The topological polar surface area (TPSA) is 44.8 Å². The number of amides is 1. The summed E-state index contributed by atoms with van der Waals surface area (Å²) in [5.41, 5.74) is -0.389. The van der Waals surface area contributed by atoms with Crippen LogP contribution in [0.2, 0.25) is 0 Å². The summed E-state index contributed by atoms with van der Waals surface area (Å²) in [4.78, 5) is 17.2. The van der Waals surface area contributed by atoms with Crippen molar-refractivity contribution in [3.63, 3.8) is 0 Å². The number of carbonyl (C=O) groups excluding carboxylic acids is 1. The third-order valence-electron chi connectivity index (χ3n) is 4.72. The van der Waals surface area contributed by atoms with Gasteiger partial charge in [0, 0.05) is 25.7 Å². The van der Waals surface area contributed by atoms with Gasteiger partial charge in [-0.05, 0) is 26.7 Å². The summed E-state index contributed by atoms with van der Waals surface area (Å²) in [6.45, 7) is 12.9. The van der Waals surface area contributed by atoms with Gasteiger partial charge in [-0.25, -0.2) is 0 Å². The van der Waals surface area contributed by atoms with Gasteiger partial charge in [-0.2, -0.15) is 0 Å². The summed E-state index contributed by atoms with van der Waals surface area (Å²) in [5.74, 6) is 0.257. The molecule has 5 heteroatoms. The molecule has 3 atom stereocenters. The van der Waals surface area contributed by atoms with E-state index in [9.17, 15) is 4.79 Å². The second kappa shape index (κ2) is 6.41. The standard InChI is InChI=1S/C15H29N3O2/c1-5-13-16-15(4,6-2)14(19)18(13)12(3)11-17-7-9-20-10-8-17/h12-13,16H,5-11H2,1-4H3. The fraction of sp³-hybridized carbons (Fsp3) is 0.933. The molecule has 3 unspecified atom stereocenters. The highest BCUT2D eigenvalue weighted by Crippen LogP contribution is 2.27. The molecule has 2 saturated heterocycles. The molecule has 0 aromatic carbocycles. The molecule has 0 aliphatic carbocycles.